The van der Waals surface area contributed by atoms with Gasteiger partial charge in [0.1, 0.15) is 11.9 Å². The van der Waals surface area contributed by atoms with E-state index in [0.717, 1.165) is 64.1 Å². The molecule has 0 saturated heterocycles. The fourth-order valence-corrected chi connectivity index (χ4v) is 7.91. The molecular weight excluding hydrogens is 368 g/mol. The summed E-state index contributed by atoms with van der Waals surface area (Å²) in [6.07, 6.45) is 12.0. The third-order valence-electron chi connectivity index (χ3n) is 9.03. The van der Waals surface area contributed by atoms with E-state index in [1.807, 2.05) is 0 Å². The minimum atomic E-state index is -0.752. The smallest absolute Gasteiger partial charge is 0.303 e. The van der Waals surface area contributed by atoms with E-state index in [1.165, 1.54) is 0 Å². The number of fused-ring (bicyclic) bond motifs is 3. The van der Waals surface area contributed by atoms with Gasteiger partial charge in [0.15, 0.2) is 0 Å². The summed E-state index contributed by atoms with van der Waals surface area (Å²) >= 11 is 0. The second-order valence-corrected chi connectivity index (χ2v) is 10.1. The van der Waals surface area contributed by atoms with Crippen LogP contribution in [0.5, 0.6) is 0 Å². The highest BCUT2D eigenvalue weighted by atomic mass is 16.5. The lowest BCUT2D eigenvalue weighted by Crippen LogP contribution is -2.56. The van der Waals surface area contributed by atoms with Crippen LogP contribution in [-0.4, -0.2) is 29.4 Å². The molecule has 164 valence electrons. The lowest BCUT2D eigenvalue weighted by molar-refractivity contribution is -0.182. The van der Waals surface area contributed by atoms with E-state index >= 15 is 0 Å². The first-order valence-corrected chi connectivity index (χ1v) is 11.7. The van der Waals surface area contributed by atoms with Crippen LogP contribution in [0.1, 0.15) is 90.9 Å². The molecular formula is C24H38O5. The van der Waals surface area contributed by atoms with Gasteiger partial charge in [-0.15, -0.1) is 0 Å². The van der Waals surface area contributed by atoms with Crippen molar-refractivity contribution in [3.63, 3.8) is 0 Å². The maximum Gasteiger partial charge on any atom is 0.303 e. The Morgan fingerprint density at radius 1 is 1.10 bits per heavy atom. The van der Waals surface area contributed by atoms with Crippen molar-refractivity contribution in [1.82, 2.24) is 0 Å². The number of aliphatic carboxylic acids is 1. The highest BCUT2D eigenvalue weighted by Gasteiger charge is 2.62. The topological polar surface area (TPSA) is 80.7 Å². The van der Waals surface area contributed by atoms with Crippen molar-refractivity contribution in [3.05, 3.63) is 0 Å². The highest BCUT2D eigenvalue weighted by molar-refractivity contribution is 5.66. The van der Waals surface area contributed by atoms with Crippen molar-refractivity contribution in [1.29, 1.82) is 0 Å². The summed E-state index contributed by atoms with van der Waals surface area (Å²) in [7, 11) is 0. The van der Waals surface area contributed by atoms with Crippen molar-refractivity contribution in [2.45, 2.75) is 96.5 Å². The molecule has 3 fully saturated rings. The predicted octanol–water partition coefficient (Wildman–Crippen LogP) is 5.01. The van der Waals surface area contributed by atoms with Crippen LogP contribution in [0.2, 0.25) is 0 Å². The molecule has 5 nitrogen and oxygen atoms in total. The number of hydrogen-bond donors (Lipinski definition) is 1. The first-order valence-electron chi connectivity index (χ1n) is 11.7. The average molecular weight is 407 g/mol. The van der Waals surface area contributed by atoms with E-state index in [0.29, 0.717) is 43.0 Å². The van der Waals surface area contributed by atoms with Crippen LogP contribution >= 0.6 is 0 Å². The first kappa shape index (κ1) is 22.3. The minimum absolute atomic E-state index is 0.187. The monoisotopic (exact) mass is 406 g/mol. The van der Waals surface area contributed by atoms with Gasteiger partial charge in [0.25, 0.3) is 6.47 Å². The van der Waals surface area contributed by atoms with Crippen LogP contribution in [-0.2, 0) is 19.1 Å². The zero-order chi connectivity index (χ0) is 21.1. The molecule has 0 radical (unpaired) electrons. The van der Waals surface area contributed by atoms with Crippen LogP contribution in [0, 0.1) is 35.0 Å². The van der Waals surface area contributed by atoms with Crippen LogP contribution in [0.4, 0.5) is 0 Å². The molecule has 5 heteroatoms. The van der Waals surface area contributed by atoms with E-state index in [2.05, 4.69) is 13.8 Å². The van der Waals surface area contributed by atoms with Crippen LogP contribution in [0.15, 0.2) is 0 Å². The molecule has 3 rings (SSSR count). The number of rotatable bonds is 10. The third kappa shape index (κ3) is 3.98. The molecule has 0 amide bonds. The molecule has 7 unspecified atom stereocenters. The fraction of sp³-hybridized carbons (Fsp3) is 0.875. The van der Waals surface area contributed by atoms with Gasteiger partial charge in [0.2, 0.25) is 0 Å². The summed E-state index contributed by atoms with van der Waals surface area (Å²) in [5.41, 5.74) is -0.209. The summed E-state index contributed by atoms with van der Waals surface area (Å²) in [6, 6.07) is 0. The molecule has 0 aromatic carbocycles. The Labute approximate surface area is 175 Å². The molecule has 3 aliphatic carbocycles. The molecule has 7 atom stereocenters. The Morgan fingerprint density at radius 2 is 1.86 bits per heavy atom. The Balaban J connectivity index is 1.83. The number of carbonyl (C=O) groups excluding carboxylic acids is 2. The van der Waals surface area contributed by atoms with Crippen LogP contribution < -0.4 is 0 Å². The van der Waals surface area contributed by atoms with E-state index in [9.17, 15) is 14.4 Å². The summed E-state index contributed by atoms with van der Waals surface area (Å²) < 4.78 is 5.93. The van der Waals surface area contributed by atoms with Gasteiger partial charge < -0.3 is 14.6 Å². The summed E-state index contributed by atoms with van der Waals surface area (Å²) in [6.45, 7) is 5.30. The third-order valence-corrected chi connectivity index (χ3v) is 9.03. The number of hydrogen-bond acceptors (Lipinski definition) is 4. The minimum Gasteiger partial charge on any atom is -0.481 e. The van der Waals surface area contributed by atoms with Crippen molar-refractivity contribution in [2.24, 2.45) is 35.0 Å². The number of carboxylic acids is 1. The van der Waals surface area contributed by atoms with Crippen LogP contribution in [0.3, 0.4) is 0 Å². The molecule has 0 bridgehead atoms. The SMILES string of the molecule is CCCC1(C)C(CC=O)CCC2C1CCC1(OC=O)C(CCCC(=O)O)CCC21. The second kappa shape index (κ2) is 9.18. The molecule has 0 heterocycles. The molecule has 1 N–H and O–H groups in total. The summed E-state index contributed by atoms with van der Waals surface area (Å²) in [5, 5.41) is 9.01. The van der Waals surface area contributed by atoms with E-state index in [-0.39, 0.29) is 17.8 Å². The van der Waals surface area contributed by atoms with Crippen molar-refractivity contribution in [3.8, 4) is 0 Å². The van der Waals surface area contributed by atoms with Gasteiger partial charge in [-0.2, -0.15) is 0 Å². The predicted molar refractivity (Wildman–Crippen MR) is 110 cm³/mol. The van der Waals surface area contributed by atoms with Crippen molar-refractivity contribution < 1.29 is 24.2 Å². The standard InChI is InChI=1S/C24H38O5/c1-3-13-23(2)17(12-15-25)7-9-19-20(23)11-14-24(29-16-26)18(8-10-21(19)24)5-4-6-22(27)28/h15-21H,3-14H2,1-2H3,(H,27,28). The quantitative estimate of drug-likeness (QED) is 0.516. The maximum absolute atomic E-state index is 11.5. The second-order valence-electron chi connectivity index (χ2n) is 10.1. The molecule has 3 aliphatic rings. The van der Waals surface area contributed by atoms with E-state index in [4.69, 9.17) is 9.84 Å². The zero-order valence-corrected chi connectivity index (χ0v) is 18.1. The number of carboxylic acid groups (broad SMARTS) is 1. The van der Waals surface area contributed by atoms with Crippen molar-refractivity contribution >= 4 is 18.7 Å². The van der Waals surface area contributed by atoms with Gasteiger partial charge in [-0.1, -0.05) is 20.3 Å². The number of ether oxygens (including phenoxy) is 1. The molecule has 0 aliphatic heterocycles. The van der Waals surface area contributed by atoms with Gasteiger partial charge in [0, 0.05) is 18.8 Å². The Hall–Kier alpha value is -1.39. The molecule has 0 aromatic rings. The van der Waals surface area contributed by atoms with Crippen LogP contribution in [0.25, 0.3) is 0 Å². The van der Waals surface area contributed by atoms with Gasteiger partial charge in [-0.25, -0.2) is 0 Å². The Kier molecular flexibility index (Phi) is 7.06. The lowest BCUT2D eigenvalue weighted by atomic mass is 9.47. The fourth-order valence-electron chi connectivity index (χ4n) is 7.91. The Bertz CT molecular complexity index is 604. The normalized spacial score (nSPS) is 41.2. The van der Waals surface area contributed by atoms with Gasteiger partial charge >= 0.3 is 5.97 Å². The van der Waals surface area contributed by atoms with E-state index in [1.54, 1.807) is 0 Å². The highest BCUT2D eigenvalue weighted by Crippen LogP contribution is 2.64. The first-order chi connectivity index (χ1) is 13.9. The average Bonchev–Trinajstić information content (AvgIpc) is 3.03. The largest absolute Gasteiger partial charge is 0.481 e. The van der Waals surface area contributed by atoms with Crippen molar-refractivity contribution in [2.75, 3.05) is 0 Å². The van der Waals surface area contributed by atoms with Gasteiger partial charge in [-0.05, 0) is 86.9 Å². The van der Waals surface area contributed by atoms with Gasteiger partial charge in [-0.3, -0.25) is 9.59 Å². The molecule has 0 spiro atoms. The van der Waals surface area contributed by atoms with Gasteiger partial charge in [0.05, 0.1) is 0 Å². The molecule has 0 aromatic heterocycles. The zero-order valence-electron chi connectivity index (χ0n) is 18.1. The molecule has 29 heavy (non-hydrogen) atoms. The number of carbonyl (C=O) groups is 3. The summed E-state index contributed by atoms with van der Waals surface area (Å²) in [5.74, 6) is 1.52. The lowest BCUT2D eigenvalue weighted by Gasteiger charge is -2.59. The Morgan fingerprint density at radius 3 is 2.52 bits per heavy atom. The van der Waals surface area contributed by atoms with E-state index < -0.39 is 11.6 Å². The number of aldehydes is 1. The molecule has 3 saturated carbocycles. The summed E-state index contributed by atoms with van der Waals surface area (Å²) in [4.78, 5) is 33.8. The maximum atomic E-state index is 11.5.